The molecule has 0 radical (unpaired) electrons. The lowest BCUT2D eigenvalue weighted by Crippen LogP contribution is -2.28. The standard InChI is InChI=1S/C14H23ClN2O2S/c1-16(2)14-8-6-13(7-9-14)12-17(3)20(18,19)11-5-4-10-15/h6-9H,4-5,10-12H2,1-3H3. The summed E-state index contributed by atoms with van der Waals surface area (Å²) >= 11 is 5.57. The molecule has 0 fully saturated rings. The average molecular weight is 319 g/mol. The van der Waals surface area contributed by atoms with Crippen LogP contribution in [0.1, 0.15) is 18.4 Å². The van der Waals surface area contributed by atoms with Gasteiger partial charge in [0.05, 0.1) is 5.75 Å². The van der Waals surface area contributed by atoms with Crippen molar-refractivity contribution in [1.82, 2.24) is 4.31 Å². The summed E-state index contributed by atoms with van der Waals surface area (Å²) in [6.07, 6.45) is 1.34. The maximum absolute atomic E-state index is 12.1. The second kappa shape index (κ2) is 7.86. The molecule has 0 aromatic heterocycles. The third-order valence-corrected chi connectivity index (χ3v) is 5.27. The molecule has 20 heavy (non-hydrogen) atoms. The molecular formula is C14H23ClN2O2S. The van der Waals surface area contributed by atoms with Crippen LogP contribution in [0.3, 0.4) is 0 Å². The van der Waals surface area contributed by atoms with Gasteiger partial charge in [-0.3, -0.25) is 0 Å². The Bertz CT molecular complexity index is 500. The molecule has 0 spiro atoms. The van der Waals surface area contributed by atoms with E-state index in [9.17, 15) is 8.42 Å². The summed E-state index contributed by atoms with van der Waals surface area (Å²) < 4.78 is 25.5. The smallest absolute Gasteiger partial charge is 0.214 e. The van der Waals surface area contributed by atoms with Gasteiger partial charge in [0.1, 0.15) is 0 Å². The zero-order valence-electron chi connectivity index (χ0n) is 12.3. The molecule has 0 aliphatic heterocycles. The van der Waals surface area contributed by atoms with Crippen LogP contribution in [0.4, 0.5) is 5.69 Å². The van der Waals surface area contributed by atoms with Gasteiger partial charge in [0.15, 0.2) is 0 Å². The van der Waals surface area contributed by atoms with Gasteiger partial charge in [-0.25, -0.2) is 12.7 Å². The molecule has 1 aromatic carbocycles. The van der Waals surface area contributed by atoms with Crippen molar-refractivity contribution < 1.29 is 8.42 Å². The fraction of sp³-hybridized carbons (Fsp3) is 0.571. The Kier molecular flexibility index (Phi) is 6.79. The van der Waals surface area contributed by atoms with E-state index in [1.54, 1.807) is 7.05 Å². The van der Waals surface area contributed by atoms with Crippen molar-refractivity contribution in [3.8, 4) is 0 Å². The van der Waals surface area contributed by atoms with Crippen molar-refractivity contribution in [1.29, 1.82) is 0 Å². The van der Waals surface area contributed by atoms with E-state index in [2.05, 4.69) is 0 Å². The molecule has 0 aliphatic carbocycles. The van der Waals surface area contributed by atoms with Crippen molar-refractivity contribution >= 4 is 27.3 Å². The summed E-state index contributed by atoms with van der Waals surface area (Å²) in [4.78, 5) is 2.01. The fourth-order valence-electron chi connectivity index (χ4n) is 1.79. The molecule has 0 unspecified atom stereocenters. The number of anilines is 1. The first-order chi connectivity index (χ1) is 9.36. The number of hydrogen-bond acceptors (Lipinski definition) is 3. The molecule has 1 rings (SSSR count). The molecule has 0 bridgehead atoms. The molecule has 6 heteroatoms. The number of alkyl halides is 1. The zero-order valence-corrected chi connectivity index (χ0v) is 13.9. The van der Waals surface area contributed by atoms with E-state index in [0.717, 1.165) is 17.7 Å². The Balaban J connectivity index is 2.62. The number of rotatable bonds is 8. The van der Waals surface area contributed by atoms with Gasteiger partial charge in [-0.15, -0.1) is 11.6 Å². The van der Waals surface area contributed by atoms with E-state index in [1.165, 1.54) is 4.31 Å². The lowest BCUT2D eigenvalue weighted by molar-refractivity contribution is 0.465. The van der Waals surface area contributed by atoms with Gasteiger partial charge in [-0.1, -0.05) is 12.1 Å². The molecule has 0 amide bonds. The Morgan fingerprint density at radius 3 is 2.15 bits per heavy atom. The van der Waals surface area contributed by atoms with Crippen LogP contribution in [0, 0.1) is 0 Å². The SMILES string of the molecule is CN(C)c1ccc(CN(C)S(=O)(=O)CCCCCl)cc1. The third kappa shape index (κ3) is 5.31. The Morgan fingerprint density at radius 2 is 1.65 bits per heavy atom. The van der Waals surface area contributed by atoms with Gasteiger partial charge >= 0.3 is 0 Å². The highest BCUT2D eigenvalue weighted by atomic mass is 35.5. The number of halogens is 1. The van der Waals surface area contributed by atoms with Crippen LogP contribution in [0.15, 0.2) is 24.3 Å². The highest BCUT2D eigenvalue weighted by Gasteiger charge is 2.17. The van der Waals surface area contributed by atoms with E-state index < -0.39 is 10.0 Å². The van der Waals surface area contributed by atoms with E-state index >= 15 is 0 Å². The molecule has 0 atom stereocenters. The first kappa shape index (κ1) is 17.3. The summed E-state index contributed by atoms with van der Waals surface area (Å²) in [5.74, 6) is 0.664. The zero-order chi connectivity index (χ0) is 15.2. The first-order valence-electron chi connectivity index (χ1n) is 6.63. The third-order valence-electron chi connectivity index (χ3n) is 3.12. The number of unbranched alkanes of at least 4 members (excludes halogenated alkanes) is 1. The Morgan fingerprint density at radius 1 is 1.05 bits per heavy atom. The van der Waals surface area contributed by atoms with Gasteiger partial charge in [-0.05, 0) is 30.5 Å². The average Bonchev–Trinajstić information content (AvgIpc) is 2.39. The molecule has 0 N–H and O–H groups in total. The van der Waals surface area contributed by atoms with Gasteiger partial charge in [0.2, 0.25) is 10.0 Å². The number of nitrogens with zero attached hydrogens (tertiary/aromatic N) is 2. The summed E-state index contributed by atoms with van der Waals surface area (Å²) in [5, 5.41) is 0. The first-order valence-corrected chi connectivity index (χ1v) is 8.77. The largest absolute Gasteiger partial charge is 0.378 e. The van der Waals surface area contributed by atoms with Gasteiger partial charge < -0.3 is 4.90 Å². The lowest BCUT2D eigenvalue weighted by Gasteiger charge is -2.18. The highest BCUT2D eigenvalue weighted by molar-refractivity contribution is 7.89. The number of hydrogen-bond donors (Lipinski definition) is 0. The van der Waals surface area contributed by atoms with Crippen molar-refractivity contribution in [3.63, 3.8) is 0 Å². The van der Waals surface area contributed by atoms with E-state index in [4.69, 9.17) is 11.6 Å². The molecule has 0 saturated carbocycles. The second-order valence-corrected chi connectivity index (χ2v) is 7.60. The van der Waals surface area contributed by atoms with Crippen LogP contribution in [0.2, 0.25) is 0 Å². The maximum atomic E-state index is 12.1. The predicted molar refractivity (Wildman–Crippen MR) is 86.0 cm³/mol. The van der Waals surface area contributed by atoms with Crippen LogP contribution in [0.25, 0.3) is 0 Å². The molecule has 0 heterocycles. The topological polar surface area (TPSA) is 40.6 Å². The molecule has 0 saturated heterocycles. The Hall–Kier alpha value is -0.780. The molecular weight excluding hydrogens is 296 g/mol. The fourth-order valence-corrected chi connectivity index (χ4v) is 3.21. The summed E-state index contributed by atoms with van der Waals surface area (Å²) in [6.45, 7) is 0.400. The number of sulfonamides is 1. The molecule has 0 aliphatic rings. The van der Waals surface area contributed by atoms with Crippen molar-refractivity contribution in [2.24, 2.45) is 0 Å². The lowest BCUT2D eigenvalue weighted by atomic mass is 10.2. The summed E-state index contributed by atoms with van der Waals surface area (Å²) in [7, 11) is 2.38. The minimum atomic E-state index is -3.19. The Labute approximate surface area is 127 Å². The van der Waals surface area contributed by atoms with E-state index in [1.807, 2.05) is 43.3 Å². The van der Waals surface area contributed by atoms with Crippen molar-refractivity contribution in [2.45, 2.75) is 19.4 Å². The molecule has 4 nitrogen and oxygen atoms in total. The van der Waals surface area contributed by atoms with Crippen molar-refractivity contribution in [3.05, 3.63) is 29.8 Å². The van der Waals surface area contributed by atoms with Gasteiger partial charge in [-0.2, -0.15) is 0 Å². The minimum Gasteiger partial charge on any atom is -0.378 e. The van der Waals surface area contributed by atoms with Crippen LogP contribution in [-0.4, -0.2) is 45.5 Å². The number of benzene rings is 1. The van der Waals surface area contributed by atoms with E-state index in [0.29, 0.717) is 18.8 Å². The monoisotopic (exact) mass is 318 g/mol. The minimum absolute atomic E-state index is 0.159. The normalized spacial score (nSPS) is 11.8. The quantitative estimate of drug-likeness (QED) is 0.546. The van der Waals surface area contributed by atoms with Gasteiger partial charge in [0, 0.05) is 39.3 Å². The van der Waals surface area contributed by atoms with E-state index in [-0.39, 0.29) is 5.75 Å². The van der Waals surface area contributed by atoms with Crippen LogP contribution >= 0.6 is 11.6 Å². The summed E-state index contributed by atoms with van der Waals surface area (Å²) in [5.41, 5.74) is 2.08. The molecule has 1 aromatic rings. The second-order valence-electron chi connectivity index (χ2n) is 5.03. The van der Waals surface area contributed by atoms with Crippen LogP contribution in [0.5, 0.6) is 0 Å². The highest BCUT2D eigenvalue weighted by Crippen LogP contribution is 2.15. The molecule has 114 valence electrons. The van der Waals surface area contributed by atoms with Gasteiger partial charge in [0.25, 0.3) is 0 Å². The maximum Gasteiger partial charge on any atom is 0.214 e. The van der Waals surface area contributed by atoms with Crippen LogP contribution in [-0.2, 0) is 16.6 Å². The predicted octanol–water partition coefficient (Wildman–Crippen LogP) is 2.53. The van der Waals surface area contributed by atoms with Crippen LogP contribution < -0.4 is 4.90 Å². The summed E-state index contributed by atoms with van der Waals surface area (Å²) in [6, 6.07) is 7.90. The van der Waals surface area contributed by atoms with Crippen molar-refractivity contribution in [2.75, 3.05) is 37.7 Å².